The number of likely N-dealkylation sites (tertiary alicyclic amines) is 1. The molecule has 1 N–H and O–H groups in total. The van der Waals surface area contributed by atoms with Gasteiger partial charge in [0.2, 0.25) is 0 Å². The molecule has 4 heteroatoms. The number of amides is 1. The lowest BCUT2D eigenvalue weighted by atomic mass is 10.1. The summed E-state index contributed by atoms with van der Waals surface area (Å²) in [7, 11) is 0. The third-order valence-corrected chi connectivity index (χ3v) is 3.95. The van der Waals surface area contributed by atoms with Crippen molar-refractivity contribution in [1.29, 1.82) is 0 Å². The van der Waals surface area contributed by atoms with Crippen LogP contribution in [0.4, 0.5) is 5.69 Å². The lowest BCUT2D eigenvalue weighted by Gasteiger charge is -2.26. The van der Waals surface area contributed by atoms with Crippen LogP contribution in [-0.4, -0.2) is 36.5 Å². The van der Waals surface area contributed by atoms with Crippen molar-refractivity contribution in [3.63, 3.8) is 0 Å². The predicted octanol–water partition coefficient (Wildman–Crippen LogP) is 2.36. The SMILES string of the molecule is CC1CC(C)N(C(=O)c2cccc3c2OCCN3)C1. The van der Waals surface area contributed by atoms with Crippen LogP contribution < -0.4 is 10.1 Å². The Hall–Kier alpha value is -1.71. The average molecular weight is 260 g/mol. The maximum Gasteiger partial charge on any atom is 0.257 e. The van der Waals surface area contributed by atoms with E-state index in [2.05, 4.69) is 19.2 Å². The zero-order chi connectivity index (χ0) is 13.4. The van der Waals surface area contributed by atoms with Crippen LogP contribution in [-0.2, 0) is 0 Å². The number of nitrogens with zero attached hydrogens (tertiary/aromatic N) is 1. The first-order valence-corrected chi connectivity index (χ1v) is 6.97. The number of ether oxygens (including phenoxy) is 1. The minimum absolute atomic E-state index is 0.0948. The van der Waals surface area contributed by atoms with Gasteiger partial charge in [0, 0.05) is 19.1 Å². The highest BCUT2D eigenvalue weighted by atomic mass is 16.5. The molecule has 0 aromatic heterocycles. The Morgan fingerprint density at radius 3 is 3.00 bits per heavy atom. The first-order valence-electron chi connectivity index (χ1n) is 6.97. The fourth-order valence-corrected chi connectivity index (χ4v) is 3.08. The van der Waals surface area contributed by atoms with E-state index in [9.17, 15) is 4.79 Å². The van der Waals surface area contributed by atoms with Gasteiger partial charge in [0.1, 0.15) is 6.61 Å². The van der Waals surface area contributed by atoms with E-state index in [0.717, 1.165) is 25.2 Å². The van der Waals surface area contributed by atoms with Gasteiger partial charge >= 0.3 is 0 Å². The molecule has 4 nitrogen and oxygen atoms in total. The summed E-state index contributed by atoms with van der Waals surface area (Å²) in [4.78, 5) is 14.7. The number of nitrogens with one attached hydrogen (secondary N) is 1. The van der Waals surface area contributed by atoms with E-state index >= 15 is 0 Å². The first kappa shape index (κ1) is 12.3. The Bertz CT molecular complexity index is 501. The number of para-hydroxylation sites is 1. The monoisotopic (exact) mass is 260 g/mol. The van der Waals surface area contributed by atoms with E-state index < -0.39 is 0 Å². The molecule has 2 aliphatic heterocycles. The molecule has 2 unspecified atom stereocenters. The van der Waals surface area contributed by atoms with Gasteiger partial charge in [0.05, 0.1) is 11.3 Å². The fraction of sp³-hybridized carbons (Fsp3) is 0.533. The molecule has 0 spiro atoms. The van der Waals surface area contributed by atoms with Crippen molar-refractivity contribution >= 4 is 11.6 Å². The molecule has 19 heavy (non-hydrogen) atoms. The molecule has 0 aliphatic carbocycles. The summed E-state index contributed by atoms with van der Waals surface area (Å²) in [6.45, 7) is 6.57. The van der Waals surface area contributed by atoms with Crippen molar-refractivity contribution in [2.75, 3.05) is 25.0 Å². The molecule has 1 amide bonds. The molecule has 1 aromatic rings. The van der Waals surface area contributed by atoms with E-state index in [1.807, 2.05) is 23.1 Å². The van der Waals surface area contributed by atoms with Crippen LogP contribution in [0, 0.1) is 5.92 Å². The van der Waals surface area contributed by atoms with Crippen LogP contribution in [0.2, 0.25) is 0 Å². The van der Waals surface area contributed by atoms with E-state index in [0.29, 0.717) is 29.9 Å². The Kier molecular flexibility index (Phi) is 3.09. The minimum Gasteiger partial charge on any atom is -0.489 e. The molecule has 1 saturated heterocycles. The van der Waals surface area contributed by atoms with E-state index in [1.54, 1.807) is 0 Å². The standard InChI is InChI=1S/C15H20N2O2/c1-10-8-11(2)17(9-10)15(18)12-4-3-5-13-14(12)19-7-6-16-13/h3-5,10-11,16H,6-9H2,1-2H3. The molecule has 1 aromatic carbocycles. The van der Waals surface area contributed by atoms with Crippen molar-refractivity contribution in [1.82, 2.24) is 4.90 Å². The molecule has 2 atom stereocenters. The fourth-order valence-electron chi connectivity index (χ4n) is 3.08. The van der Waals surface area contributed by atoms with Gasteiger partial charge in [-0.2, -0.15) is 0 Å². The third kappa shape index (κ3) is 2.15. The van der Waals surface area contributed by atoms with Gasteiger partial charge in [-0.1, -0.05) is 13.0 Å². The van der Waals surface area contributed by atoms with Crippen molar-refractivity contribution in [3.8, 4) is 5.75 Å². The van der Waals surface area contributed by atoms with Gasteiger partial charge < -0.3 is 15.0 Å². The van der Waals surface area contributed by atoms with Gasteiger partial charge in [0.15, 0.2) is 5.75 Å². The van der Waals surface area contributed by atoms with Gasteiger partial charge in [-0.15, -0.1) is 0 Å². The van der Waals surface area contributed by atoms with Crippen LogP contribution in [0.1, 0.15) is 30.6 Å². The molecule has 1 fully saturated rings. The zero-order valence-electron chi connectivity index (χ0n) is 11.5. The summed E-state index contributed by atoms with van der Waals surface area (Å²) in [5, 5.41) is 3.27. The van der Waals surface area contributed by atoms with Crippen LogP contribution in [0.5, 0.6) is 5.75 Å². The first-order chi connectivity index (χ1) is 9.16. The number of fused-ring (bicyclic) bond motifs is 1. The zero-order valence-corrected chi connectivity index (χ0v) is 11.5. The lowest BCUT2D eigenvalue weighted by molar-refractivity contribution is 0.0739. The summed E-state index contributed by atoms with van der Waals surface area (Å²) in [5.74, 6) is 1.39. The second-order valence-electron chi connectivity index (χ2n) is 5.60. The van der Waals surface area contributed by atoms with Gasteiger partial charge in [-0.25, -0.2) is 0 Å². The lowest BCUT2D eigenvalue weighted by Crippen LogP contribution is -2.34. The second-order valence-corrected chi connectivity index (χ2v) is 5.60. The van der Waals surface area contributed by atoms with E-state index in [1.165, 1.54) is 0 Å². The van der Waals surface area contributed by atoms with Crippen molar-refractivity contribution in [2.24, 2.45) is 5.92 Å². The summed E-state index contributed by atoms with van der Waals surface area (Å²) < 4.78 is 5.69. The highest BCUT2D eigenvalue weighted by Gasteiger charge is 2.32. The molecule has 2 aliphatic rings. The highest BCUT2D eigenvalue weighted by molar-refractivity contribution is 5.99. The number of benzene rings is 1. The molecular weight excluding hydrogens is 240 g/mol. The predicted molar refractivity (Wildman–Crippen MR) is 74.7 cm³/mol. The summed E-state index contributed by atoms with van der Waals surface area (Å²) in [6, 6.07) is 6.05. The number of hydrogen-bond acceptors (Lipinski definition) is 3. The maximum absolute atomic E-state index is 12.7. The highest BCUT2D eigenvalue weighted by Crippen LogP contribution is 2.34. The average Bonchev–Trinajstić information content (AvgIpc) is 2.76. The van der Waals surface area contributed by atoms with E-state index in [-0.39, 0.29) is 5.91 Å². The van der Waals surface area contributed by atoms with Gasteiger partial charge in [-0.05, 0) is 31.4 Å². The summed E-state index contributed by atoms with van der Waals surface area (Å²) >= 11 is 0. The molecule has 102 valence electrons. The van der Waals surface area contributed by atoms with Crippen LogP contribution >= 0.6 is 0 Å². The Morgan fingerprint density at radius 2 is 2.26 bits per heavy atom. The third-order valence-electron chi connectivity index (χ3n) is 3.95. The summed E-state index contributed by atoms with van der Waals surface area (Å²) in [5.41, 5.74) is 1.61. The molecule has 2 heterocycles. The minimum atomic E-state index is 0.0948. The quantitative estimate of drug-likeness (QED) is 0.843. The maximum atomic E-state index is 12.7. The Morgan fingerprint density at radius 1 is 1.42 bits per heavy atom. The topological polar surface area (TPSA) is 41.6 Å². The largest absolute Gasteiger partial charge is 0.489 e. The normalized spacial score (nSPS) is 25.5. The smallest absolute Gasteiger partial charge is 0.257 e. The van der Waals surface area contributed by atoms with Gasteiger partial charge in [-0.3, -0.25) is 4.79 Å². The van der Waals surface area contributed by atoms with Gasteiger partial charge in [0.25, 0.3) is 5.91 Å². The van der Waals surface area contributed by atoms with Crippen molar-refractivity contribution in [2.45, 2.75) is 26.3 Å². The van der Waals surface area contributed by atoms with E-state index in [4.69, 9.17) is 4.74 Å². The Labute approximate surface area is 113 Å². The molecule has 0 radical (unpaired) electrons. The molecule has 0 bridgehead atoms. The van der Waals surface area contributed by atoms with Crippen LogP contribution in [0.25, 0.3) is 0 Å². The Balaban J connectivity index is 1.92. The van der Waals surface area contributed by atoms with Crippen LogP contribution in [0.3, 0.4) is 0 Å². The number of carbonyl (C=O) groups excluding carboxylic acids is 1. The number of anilines is 1. The summed E-state index contributed by atoms with van der Waals surface area (Å²) in [6.07, 6.45) is 1.08. The second kappa shape index (κ2) is 4.76. The molecule has 3 rings (SSSR count). The number of carbonyl (C=O) groups is 1. The molecular formula is C15H20N2O2. The van der Waals surface area contributed by atoms with Crippen LogP contribution in [0.15, 0.2) is 18.2 Å². The van der Waals surface area contributed by atoms with Crippen molar-refractivity contribution < 1.29 is 9.53 Å². The van der Waals surface area contributed by atoms with Crippen molar-refractivity contribution in [3.05, 3.63) is 23.8 Å². The number of rotatable bonds is 1. The number of hydrogen-bond donors (Lipinski definition) is 1. The molecule has 0 saturated carbocycles.